The van der Waals surface area contributed by atoms with E-state index in [0.717, 1.165) is 23.9 Å². The fourth-order valence-electron chi connectivity index (χ4n) is 1.75. The number of hydrogen-bond acceptors (Lipinski definition) is 3. The number of anilines is 1. The highest BCUT2D eigenvalue weighted by atomic mass is 16.5. The van der Waals surface area contributed by atoms with Gasteiger partial charge in [-0.05, 0) is 44.4 Å². The minimum Gasteiger partial charge on any atom is -0.494 e. The molecule has 0 heterocycles. The Morgan fingerprint density at radius 1 is 1.44 bits per heavy atom. The molecule has 0 unspecified atom stereocenters. The molecule has 4 heteroatoms. The van der Waals surface area contributed by atoms with Gasteiger partial charge in [0, 0.05) is 11.8 Å². The Balaban J connectivity index is 1.76. The van der Waals surface area contributed by atoms with Crippen LogP contribution in [0.15, 0.2) is 24.3 Å². The van der Waals surface area contributed by atoms with E-state index in [-0.39, 0.29) is 5.91 Å². The van der Waals surface area contributed by atoms with Crippen LogP contribution >= 0.6 is 0 Å². The molecule has 0 spiro atoms. The lowest BCUT2D eigenvalue weighted by Gasteiger charge is -2.08. The molecule has 0 atom stereocenters. The molecule has 0 aliphatic heterocycles. The maximum absolute atomic E-state index is 11.7. The Hall–Kier alpha value is -1.55. The third-order valence-electron chi connectivity index (χ3n) is 2.84. The Morgan fingerprint density at radius 2 is 2.28 bits per heavy atom. The van der Waals surface area contributed by atoms with Crippen molar-refractivity contribution in [3.05, 3.63) is 24.3 Å². The summed E-state index contributed by atoms with van der Waals surface area (Å²) in [6.07, 6.45) is 2.59. The highest BCUT2D eigenvalue weighted by molar-refractivity contribution is 5.92. The molecule has 0 saturated heterocycles. The summed E-state index contributed by atoms with van der Waals surface area (Å²) in [4.78, 5) is 11.7. The van der Waals surface area contributed by atoms with Crippen LogP contribution in [0.3, 0.4) is 0 Å². The second kappa shape index (κ2) is 6.40. The maximum Gasteiger partial charge on any atom is 0.238 e. The highest BCUT2D eigenvalue weighted by Gasteiger charge is 2.20. The first-order valence-corrected chi connectivity index (χ1v) is 6.51. The number of nitrogens with one attached hydrogen (secondary N) is 2. The number of carbonyl (C=O) groups excluding carboxylic acids is 1. The minimum absolute atomic E-state index is 0.00991. The highest BCUT2D eigenvalue weighted by Crippen LogP contribution is 2.27. The second-order valence-electron chi connectivity index (χ2n) is 4.58. The van der Waals surface area contributed by atoms with Crippen molar-refractivity contribution >= 4 is 11.6 Å². The summed E-state index contributed by atoms with van der Waals surface area (Å²) in [5, 5.41) is 6.02. The predicted octanol–water partition coefficient (Wildman–Crippen LogP) is 2.02. The van der Waals surface area contributed by atoms with Crippen LogP contribution in [0.4, 0.5) is 5.69 Å². The molecule has 1 fully saturated rings. The molecule has 1 saturated carbocycles. The SMILES string of the molecule is CCOc1cccc(NC(=O)CNCC2CC2)c1. The predicted molar refractivity (Wildman–Crippen MR) is 71.8 cm³/mol. The molecule has 4 nitrogen and oxygen atoms in total. The lowest BCUT2D eigenvalue weighted by molar-refractivity contribution is -0.115. The van der Waals surface area contributed by atoms with Crippen LogP contribution in [0.1, 0.15) is 19.8 Å². The second-order valence-corrected chi connectivity index (χ2v) is 4.58. The molecular weight excluding hydrogens is 228 g/mol. The summed E-state index contributed by atoms with van der Waals surface area (Å²) < 4.78 is 5.38. The number of amides is 1. The van der Waals surface area contributed by atoms with Crippen molar-refractivity contribution in [3.63, 3.8) is 0 Å². The summed E-state index contributed by atoms with van der Waals surface area (Å²) in [5.74, 6) is 1.56. The lowest BCUT2D eigenvalue weighted by atomic mass is 10.3. The Bertz CT molecular complexity index is 403. The van der Waals surface area contributed by atoms with Gasteiger partial charge < -0.3 is 15.4 Å². The molecule has 1 aromatic carbocycles. The van der Waals surface area contributed by atoms with E-state index in [1.165, 1.54) is 12.8 Å². The van der Waals surface area contributed by atoms with Crippen LogP contribution < -0.4 is 15.4 Å². The first-order valence-electron chi connectivity index (χ1n) is 6.51. The van der Waals surface area contributed by atoms with Crippen molar-refractivity contribution in [1.82, 2.24) is 5.32 Å². The van der Waals surface area contributed by atoms with Gasteiger partial charge in [-0.2, -0.15) is 0 Å². The van der Waals surface area contributed by atoms with Gasteiger partial charge in [-0.15, -0.1) is 0 Å². The van der Waals surface area contributed by atoms with Crippen molar-refractivity contribution < 1.29 is 9.53 Å². The van der Waals surface area contributed by atoms with Crippen LogP contribution in [-0.4, -0.2) is 25.6 Å². The van der Waals surface area contributed by atoms with Crippen LogP contribution in [0.5, 0.6) is 5.75 Å². The number of rotatable bonds is 7. The summed E-state index contributed by atoms with van der Waals surface area (Å²) in [6, 6.07) is 7.45. The van der Waals surface area contributed by atoms with Gasteiger partial charge in [0.2, 0.25) is 5.91 Å². The molecule has 0 radical (unpaired) electrons. The number of hydrogen-bond donors (Lipinski definition) is 2. The molecule has 18 heavy (non-hydrogen) atoms. The molecule has 1 aliphatic carbocycles. The Morgan fingerprint density at radius 3 is 3.00 bits per heavy atom. The summed E-state index contributed by atoms with van der Waals surface area (Å²) >= 11 is 0. The van der Waals surface area contributed by atoms with E-state index in [2.05, 4.69) is 10.6 Å². The molecule has 0 aromatic heterocycles. The van der Waals surface area contributed by atoms with E-state index in [4.69, 9.17) is 4.74 Å². The van der Waals surface area contributed by atoms with E-state index < -0.39 is 0 Å². The van der Waals surface area contributed by atoms with E-state index in [0.29, 0.717) is 13.2 Å². The lowest BCUT2D eigenvalue weighted by Crippen LogP contribution is -2.29. The molecule has 0 bridgehead atoms. The number of carbonyl (C=O) groups is 1. The Kier molecular flexibility index (Phi) is 4.59. The monoisotopic (exact) mass is 248 g/mol. The maximum atomic E-state index is 11.7. The van der Waals surface area contributed by atoms with Crippen molar-refractivity contribution in [1.29, 1.82) is 0 Å². The molecule has 1 amide bonds. The van der Waals surface area contributed by atoms with Gasteiger partial charge >= 0.3 is 0 Å². The summed E-state index contributed by atoms with van der Waals surface area (Å²) in [5.41, 5.74) is 0.777. The average molecular weight is 248 g/mol. The molecule has 2 rings (SSSR count). The normalized spacial score (nSPS) is 14.3. The molecule has 2 N–H and O–H groups in total. The van der Waals surface area contributed by atoms with Crippen molar-refractivity contribution in [2.75, 3.05) is 25.0 Å². The fourth-order valence-corrected chi connectivity index (χ4v) is 1.75. The van der Waals surface area contributed by atoms with Crippen LogP contribution in [0.2, 0.25) is 0 Å². The zero-order valence-electron chi connectivity index (χ0n) is 10.7. The van der Waals surface area contributed by atoms with E-state index in [1.54, 1.807) is 0 Å². The van der Waals surface area contributed by atoms with Gasteiger partial charge in [-0.3, -0.25) is 4.79 Å². The molecular formula is C14H20N2O2. The third-order valence-corrected chi connectivity index (χ3v) is 2.84. The average Bonchev–Trinajstić information content (AvgIpc) is 3.14. The standard InChI is InChI=1S/C14H20N2O2/c1-2-18-13-5-3-4-12(8-13)16-14(17)10-15-9-11-6-7-11/h3-5,8,11,15H,2,6-7,9-10H2,1H3,(H,16,17). The van der Waals surface area contributed by atoms with Gasteiger partial charge in [0.1, 0.15) is 5.75 Å². The molecule has 1 aromatic rings. The van der Waals surface area contributed by atoms with E-state index >= 15 is 0 Å². The smallest absolute Gasteiger partial charge is 0.238 e. The molecule has 1 aliphatic rings. The van der Waals surface area contributed by atoms with Crippen LogP contribution in [-0.2, 0) is 4.79 Å². The zero-order chi connectivity index (χ0) is 12.8. The van der Waals surface area contributed by atoms with Gasteiger partial charge in [-0.25, -0.2) is 0 Å². The first-order chi connectivity index (χ1) is 8.78. The van der Waals surface area contributed by atoms with Gasteiger partial charge in [0.25, 0.3) is 0 Å². The van der Waals surface area contributed by atoms with E-state index in [9.17, 15) is 4.79 Å². The first kappa shape index (κ1) is 12.9. The van der Waals surface area contributed by atoms with Crippen LogP contribution in [0.25, 0.3) is 0 Å². The number of ether oxygens (including phenoxy) is 1. The zero-order valence-corrected chi connectivity index (χ0v) is 10.7. The Labute approximate surface area is 108 Å². The minimum atomic E-state index is -0.00991. The van der Waals surface area contributed by atoms with Gasteiger partial charge in [0.05, 0.1) is 13.2 Å². The van der Waals surface area contributed by atoms with Gasteiger partial charge in [0.15, 0.2) is 0 Å². The van der Waals surface area contributed by atoms with Crippen molar-refractivity contribution in [2.24, 2.45) is 5.92 Å². The quantitative estimate of drug-likeness (QED) is 0.776. The van der Waals surface area contributed by atoms with Crippen LogP contribution in [0, 0.1) is 5.92 Å². The summed E-state index contributed by atoms with van der Waals surface area (Å²) in [7, 11) is 0. The van der Waals surface area contributed by atoms with Crippen molar-refractivity contribution in [3.8, 4) is 5.75 Å². The largest absolute Gasteiger partial charge is 0.494 e. The van der Waals surface area contributed by atoms with Crippen molar-refractivity contribution in [2.45, 2.75) is 19.8 Å². The topological polar surface area (TPSA) is 50.4 Å². The summed E-state index contributed by atoms with van der Waals surface area (Å²) in [6.45, 7) is 3.88. The molecule has 98 valence electrons. The third kappa shape index (κ3) is 4.37. The fraction of sp³-hybridized carbons (Fsp3) is 0.500. The van der Waals surface area contributed by atoms with E-state index in [1.807, 2.05) is 31.2 Å². The number of benzene rings is 1. The van der Waals surface area contributed by atoms with Gasteiger partial charge in [-0.1, -0.05) is 6.07 Å².